The first kappa shape index (κ1) is 50.0. The van der Waals surface area contributed by atoms with Gasteiger partial charge in [-0.05, 0) is 108 Å². The number of aromatic nitrogens is 2. The van der Waals surface area contributed by atoms with Crippen molar-refractivity contribution in [3.8, 4) is 28.2 Å². The largest absolute Gasteiger partial charge is 0.470 e. The van der Waals surface area contributed by atoms with Gasteiger partial charge in [-0.15, -0.1) is 11.3 Å². The monoisotopic (exact) mass is 968 g/mol. The van der Waals surface area contributed by atoms with Gasteiger partial charge in [0.25, 0.3) is 28.8 Å². The number of benzene rings is 4. The van der Waals surface area contributed by atoms with Crippen LogP contribution in [-0.2, 0) is 13.1 Å². The zero-order chi connectivity index (χ0) is 48.0. The van der Waals surface area contributed by atoms with Crippen molar-refractivity contribution >= 4 is 69.3 Å². The molecular formula is C48H53ClN8O8S2. The smallest absolute Gasteiger partial charge is 0.273 e. The molecule has 0 unspecified atom stereocenters. The molecule has 16 nitrogen and oxygen atoms in total. The number of halogens is 1. The van der Waals surface area contributed by atoms with Crippen LogP contribution >= 0.6 is 34.3 Å². The number of nitrogens with zero attached hydrogens (tertiary/aromatic N) is 6. The maximum Gasteiger partial charge on any atom is 0.273 e. The van der Waals surface area contributed by atoms with Crippen LogP contribution in [0.3, 0.4) is 0 Å². The summed E-state index contributed by atoms with van der Waals surface area (Å²) in [6, 6.07) is 24.1. The molecule has 0 fully saturated rings. The minimum absolute atomic E-state index is 0.171. The van der Waals surface area contributed by atoms with Crippen LogP contribution in [0, 0.1) is 0 Å². The van der Waals surface area contributed by atoms with Crippen LogP contribution in [0.25, 0.3) is 0 Å². The zero-order valence-corrected chi connectivity index (χ0v) is 40.5. The first-order valence-electron chi connectivity index (χ1n) is 21.2. The second kappa shape index (κ2) is 23.9. The van der Waals surface area contributed by atoms with E-state index in [9.17, 15) is 19.2 Å². The van der Waals surface area contributed by atoms with Gasteiger partial charge >= 0.3 is 0 Å². The topological polar surface area (TPSA) is 179 Å². The number of nitrogens with one attached hydrogen (secondary N) is 2. The van der Waals surface area contributed by atoms with E-state index in [-0.39, 0.29) is 23.6 Å². The summed E-state index contributed by atoms with van der Waals surface area (Å²) < 4.78 is 17.9. The summed E-state index contributed by atoms with van der Waals surface area (Å²) in [5.74, 6) is 1.04. The molecule has 0 spiro atoms. The highest BCUT2D eigenvalue weighted by atomic mass is 35.5. The van der Waals surface area contributed by atoms with Gasteiger partial charge in [-0.25, -0.2) is 9.97 Å². The Morgan fingerprint density at radius 3 is 1.60 bits per heavy atom. The molecular weight excluding hydrogens is 916 g/mol. The van der Waals surface area contributed by atoms with Gasteiger partial charge < -0.3 is 49.6 Å². The summed E-state index contributed by atoms with van der Waals surface area (Å²) in [6.45, 7) is 3.65. The van der Waals surface area contributed by atoms with E-state index in [2.05, 4.69) is 30.4 Å². The Morgan fingerprint density at radius 1 is 0.657 bits per heavy atom. The third kappa shape index (κ3) is 14.1. The average Bonchev–Trinajstić information content (AvgIpc) is 3.87. The number of carbonyl (C=O) groups excluding carboxylic acids is 4. The lowest BCUT2D eigenvalue weighted by Crippen LogP contribution is -2.26. The van der Waals surface area contributed by atoms with Crippen molar-refractivity contribution in [1.82, 2.24) is 29.6 Å². The molecule has 19 heteroatoms. The molecule has 4 heterocycles. The number of hydrogen-bond acceptors (Lipinski definition) is 14. The highest BCUT2D eigenvalue weighted by molar-refractivity contribution is 7.15. The number of aliphatic hydroxyl groups excluding tert-OH is 1. The van der Waals surface area contributed by atoms with Crippen molar-refractivity contribution in [2.45, 2.75) is 25.9 Å². The summed E-state index contributed by atoms with van der Waals surface area (Å²) in [5, 5.41) is 14.5. The van der Waals surface area contributed by atoms with Gasteiger partial charge in [0.15, 0.2) is 16.0 Å². The van der Waals surface area contributed by atoms with E-state index in [1.807, 2.05) is 34.3 Å². The molecule has 67 heavy (non-hydrogen) atoms. The van der Waals surface area contributed by atoms with Crippen molar-refractivity contribution in [2.75, 3.05) is 79.2 Å². The molecule has 2 aromatic heterocycles. The summed E-state index contributed by atoms with van der Waals surface area (Å²) in [6.07, 6.45) is 5.19. The molecule has 3 N–H and O–H groups in total. The van der Waals surface area contributed by atoms with Crippen LogP contribution in [0.2, 0.25) is 4.47 Å². The van der Waals surface area contributed by atoms with Crippen molar-refractivity contribution in [1.29, 1.82) is 0 Å². The van der Waals surface area contributed by atoms with Crippen molar-refractivity contribution < 1.29 is 38.5 Å². The minimum Gasteiger partial charge on any atom is -0.470 e. The van der Waals surface area contributed by atoms with Crippen LogP contribution < -0.4 is 24.8 Å². The van der Waals surface area contributed by atoms with Crippen molar-refractivity contribution in [3.05, 3.63) is 134 Å². The fraction of sp³-hybridized carbons (Fsp3) is 0.292. The van der Waals surface area contributed by atoms with Crippen LogP contribution in [0.5, 0.6) is 28.2 Å². The van der Waals surface area contributed by atoms with Gasteiger partial charge in [-0.3, -0.25) is 19.2 Å². The number of para-hydroxylation sites is 2. The fourth-order valence-electron chi connectivity index (χ4n) is 6.57. The van der Waals surface area contributed by atoms with Crippen LogP contribution in [0.4, 0.5) is 11.4 Å². The SMILES string of the molecule is CN(C)CCCO.CN(C)CCCOc1ncc(CN(C)C(=O)c2ccc3c(c2)NC(=O)c2ccccc2O3)s1.CN(Cc1cnc(Cl)s1)C(=O)c1ccc2c(c1)NC(=O)c1ccccc1O2. The highest BCUT2D eigenvalue weighted by Gasteiger charge is 2.24. The summed E-state index contributed by atoms with van der Waals surface area (Å²) >= 11 is 8.60. The molecule has 2 aliphatic rings. The van der Waals surface area contributed by atoms with Crippen molar-refractivity contribution in [3.63, 3.8) is 0 Å². The minimum atomic E-state index is -0.276. The molecule has 4 amide bonds. The van der Waals surface area contributed by atoms with E-state index < -0.39 is 0 Å². The van der Waals surface area contributed by atoms with Crippen molar-refractivity contribution in [2.24, 2.45) is 0 Å². The third-order valence-corrected chi connectivity index (χ3v) is 11.9. The third-order valence-electron chi connectivity index (χ3n) is 9.93. The number of fused-ring (bicyclic) bond motifs is 4. The maximum atomic E-state index is 13.0. The average molecular weight is 970 g/mol. The molecule has 352 valence electrons. The fourth-order valence-corrected chi connectivity index (χ4v) is 8.43. The van der Waals surface area contributed by atoms with Gasteiger partial charge in [0.2, 0.25) is 0 Å². The Labute approximate surface area is 402 Å². The van der Waals surface area contributed by atoms with Crippen LogP contribution in [0.15, 0.2) is 97.3 Å². The molecule has 0 aliphatic carbocycles. The van der Waals surface area contributed by atoms with E-state index >= 15 is 0 Å². The Bertz CT molecular complexity index is 2670. The van der Waals surface area contributed by atoms with Gasteiger partial charge in [-0.1, -0.05) is 47.2 Å². The van der Waals surface area contributed by atoms with Gasteiger partial charge in [-0.2, -0.15) is 0 Å². The number of thiazole rings is 2. The molecule has 0 bridgehead atoms. The van der Waals surface area contributed by atoms with E-state index in [1.165, 1.54) is 22.7 Å². The number of rotatable bonds is 14. The molecule has 0 atom stereocenters. The first-order chi connectivity index (χ1) is 32.2. The number of carbonyl (C=O) groups is 4. The number of hydrogen-bond donors (Lipinski definition) is 3. The van der Waals surface area contributed by atoms with Crippen LogP contribution in [0.1, 0.15) is 64.0 Å². The second-order valence-electron chi connectivity index (χ2n) is 15.9. The summed E-state index contributed by atoms with van der Waals surface area (Å²) in [5.41, 5.74) is 2.71. The van der Waals surface area contributed by atoms with E-state index in [0.717, 1.165) is 35.7 Å². The Kier molecular flexibility index (Phi) is 17.8. The number of amides is 4. The molecule has 6 aromatic rings. The molecule has 0 saturated carbocycles. The molecule has 2 aliphatic heterocycles. The van der Waals surface area contributed by atoms with E-state index in [1.54, 1.807) is 115 Å². The number of aliphatic hydroxyl groups is 1. The van der Waals surface area contributed by atoms with Crippen LogP contribution in [-0.4, -0.2) is 127 Å². The quantitative estimate of drug-likeness (QED) is 0.0889. The van der Waals surface area contributed by atoms with E-state index in [4.69, 9.17) is 30.9 Å². The number of ether oxygens (including phenoxy) is 3. The van der Waals surface area contributed by atoms with Gasteiger partial charge in [0.1, 0.15) is 11.5 Å². The summed E-state index contributed by atoms with van der Waals surface area (Å²) in [4.78, 5) is 68.2. The number of anilines is 2. The molecule has 4 aromatic carbocycles. The maximum absolute atomic E-state index is 13.0. The Morgan fingerprint density at radius 2 is 1.13 bits per heavy atom. The van der Waals surface area contributed by atoms with E-state index in [0.29, 0.717) is 92.6 Å². The standard InChI is InChI=1S/C24H26N4O4S.C19H14ClN3O3S.C5H13NO/c1-27(2)11-6-12-31-24-25-14-17(33-24)15-28(3)23(30)16-9-10-21-19(13-16)26-22(29)18-7-4-5-8-20(18)32-21;1-23(10-12-9-21-19(20)27-12)18(25)11-6-7-16-14(8-11)22-17(24)13-4-2-3-5-15(13)26-16;1-6(2)4-3-5-7/h4-5,7-10,13-14H,6,11-12,15H2,1-3H3,(H,26,29);2-9H,10H2,1H3,(H,22,24);7H,3-5H2,1-2H3. The van der Waals surface area contributed by atoms with Gasteiger partial charge in [0, 0.05) is 60.5 Å². The Hall–Kier alpha value is -6.41. The lowest BCUT2D eigenvalue weighted by Gasteiger charge is -2.17. The first-order valence-corrected chi connectivity index (χ1v) is 23.2. The summed E-state index contributed by atoms with van der Waals surface area (Å²) in [7, 11) is 11.5. The molecule has 0 saturated heterocycles. The zero-order valence-electron chi connectivity index (χ0n) is 38.1. The Balaban J connectivity index is 0.000000196. The predicted molar refractivity (Wildman–Crippen MR) is 262 cm³/mol. The predicted octanol–water partition coefficient (Wildman–Crippen LogP) is 8.46. The highest BCUT2D eigenvalue weighted by Crippen LogP contribution is 2.38. The molecule has 8 rings (SSSR count). The lowest BCUT2D eigenvalue weighted by atomic mass is 10.1. The lowest BCUT2D eigenvalue weighted by molar-refractivity contribution is 0.0779. The normalized spacial score (nSPS) is 12.1. The van der Waals surface area contributed by atoms with Gasteiger partial charge in [0.05, 0.1) is 42.2 Å². The second-order valence-corrected chi connectivity index (χ2v) is 18.7. The molecule has 0 radical (unpaired) electrons.